The van der Waals surface area contributed by atoms with E-state index >= 15 is 0 Å². The summed E-state index contributed by atoms with van der Waals surface area (Å²) in [6, 6.07) is 4.61. The summed E-state index contributed by atoms with van der Waals surface area (Å²) in [5, 5.41) is 25.5. The first-order valence-electron chi connectivity index (χ1n) is 16.5. The third-order valence-electron chi connectivity index (χ3n) is 13.2. The Kier molecular flexibility index (Phi) is 6.64. The Balaban J connectivity index is 1.25. The molecule has 0 radical (unpaired) electrons. The zero-order chi connectivity index (χ0) is 32.5. The fourth-order valence-electron chi connectivity index (χ4n) is 12.3. The molecule has 1 aromatic carbocycles. The third-order valence-corrected chi connectivity index (χ3v) is 13.2. The Hall–Kier alpha value is -2.93. The number of hydrogen-bond acceptors (Lipinski definition) is 12. The lowest BCUT2D eigenvalue weighted by Gasteiger charge is -2.69. The Morgan fingerprint density at radius 3 is 2.43 bits per heavy atom. The van der Waals surface area contributed by atoms with Gasteiger partial charge in [0.2, 0.25) is 0 Å². The number of methoxy groups -OCH3 is 2. The molecule has 8 rings (SSSR count). The highest BCUT2D eigenvalue weighted by Crippen LogP contribution is 2.81. The number of aliphatic hydroxyl groups is 2. The molecule has 46 heavy (non-hydrogen) atoms. The number of rotatable bonds is 7. The number of hydrogen-bond donors (Lipinski definition) is 2. The average Bonchev–Trinajstić information content (AvgIpc) is 3.62. The summed E-state index contributed by atoms with van der Waals surface area (Å²) in [7, 11) is 3.01. The fourth-order valence-corrected chi connectivity index (χ4v) is 12.3. The molecule has 7 fully saturated rings. The zero-order valence-electron chi connectivity index (χ0n) is 26.8. The van der Waals surface area contributed by atoms with Gasteiger partial charge in [-0.15, -0.1) is 0 Å². The van der Waals surface area contributed by atoms with E-state index in [9.17, 15) is 24.6 Å². The second-order valence-corrected chi connectivity index (χ2v) is 14.7. The number of fused-ring (bicyclic) bond motifs is 3. The van der Waals surface area contributed by atoms with Crippen molar-refractivity contribution >= 4 is 17.9 Å². The van der Waals surface area contributed by atoms with Crippen LogP contribution in [0.15, 0.2) is 18.2 Å². The molecule has 0 aromatic heterocycles. The molecule has 1 spiro atoms. The number of nitrogens with zero attached hydrogens (tertiary/aromatic N) is 1. The smallest absolute Gasteiger partial charge is 0.338 e. The normalized spacial score (nSPS) is 47.2. The zero-order valence-corrected chi connectivity index (χ0v) is 26.8. The maximum absolute atomic E-state index is 13.8. The molecule has 12 nitrogen and oxygen atoms in total. The first-order valence-corrected chi connectivity index (χ1v) is 16.5. The lowest BCUT2D eigenvalue weighted by Crippen LogP contribution is -2.78. The van der Waals surface area contributed by atoms with Crippen LogP contribution in [0.25, 0.3) is 0 Å². The van der Waals surface area contributed by atoms with Crippen LogP contribution >= 0.6 is 0 Å². The van der Waals surface area contributed by atoms with Crippen LogP contribution in [0.3, 0.4) is 0 Å². The highest BCUT2D eigenvalue weighted by molar-refractivity contribution is 5.90. The maximum Gasteiger partial charge on any atom is 0.338 e. The van der Waals surface area contributed by atoms with E-state index in [4.69, 9.17) is 28.4 Å². The van der Waals surface area contributed by atoms with Crippen molar-refractivity contribution in [1.82, 2.24) is 4.90 Å². The van der Waals surface area contributed by atoms with Gasteiger partial charge in [0.15, 0.2) is 11.5 Å². The van der Waals surface area contributed by atoms with Crippen molar-refractivity contribution in [2.24, 2.45) is 40.4 Å². The van der Waals surface area contributed by atoms with Gasteiger partial charge >= 0.3 is 17.9 Å². The predicted octanol–water partition coefficient (Wildman–Crippen LogP) is 1.58. The van der Waals surface area contributed by atoms with Crippen molar-refractivity contribution in [1.29, 1.82) is 0 Å². The quantitative estimate of drug-likeness (QED) is 0.329. The molecule has 5 aliphatic carbocycles. The molecule has 14 atom stereocenters. The van der Waals surface area contributed by atoms with Crippen LogP contribution < -0.4 is 9.47 Å². The molecular weight excluding hydrogens is 598 g/mol. The van der Waals surface area contributed by atoms with Crippen molar-refractivity contribution < 1.29 is 53.0 Å². The van der Waals surface area contributed by atoms with Crippen LogP contribution in [-0.4, -0.2) is 109 Å². The van der Waals surface area contributed by atoms with E-state index in [0.29, 0.717) is 37.6 Å². The summed E-state index contributed by atoms with van der Waals surface area (Å²) in [5.74, 6) is -2.32. The van der Waals surface area contributed by atoms with Gasteiger partial charge < -0.3 is 38.6 Å². The lowest BCUT2D eigenvalue weighted by molar-refractivity contribution is -0.290. The van der Waals surface area contributed by atoms with Crippen LogP contribution in [0.4, 0.5) is 0 Å². The number of ether oxygens (including phenoxy) is 6. The molecular formula is C34H43NO11. The minimum absolute atomic E-state index is 0.154. The van der Waals surface area contributed by atoms with Gasteiger partial charge in [0.1, 0.15) is 18.3 Å². The van der Waals surface area contributed by atoms with Crippen LogP contribution in [0.5, 0.6) is 11.5 Å². The second-order valence-electron chi connectivity index (χ2n) is 14.7. The summed E-state index contributed by atoms with van der Waals surface area (Å²) < 4.78 is 35.7. The highest BCUT2D eigenvalue weighted by Gasteiger charge is 2.89. The van der Waals surface area contributed by atoms with Crippen molar-refractivity contribution in [3.63, 3.8) is 0 Å². The van der Waals surface area contributed by atoms with Crippen molar-refractivity contribution in [2.45, 2.75) is 82.2 Å². The number of benzene rings is 1. The molecule has 2 heterocycles. The second kappa shape index (κ2) is 10.0. The molecule has 5 saturated carbocycles. The van der Waals surface area contributed by atoms with Gasteiger partial charge in [-0.1, -0.05) is 6.92 Å². The van der Waals surface area contributed by atoms with Crippen molar-refractivity contribution in [2.75, 3.05) is 33.9 Å². The van der Waals surface area contributed by atoms with Gasteiger partial charge in [0.25, 0.3) is 0 Å². The first kappa shape index (κ1) is 30.4. The first-order chi connectivity index (χ1) is 22.0. The van der Waals surface area contributed by atoms with Gasteiger partial charge in [-0.25, -0.2) is 4.79 Å². The number of carbonyl (C=O) groups is 3. The van der Waals surface area contributed by atoms with Crippen molar-refractivity contribution in [3.05, 3.63) is 23.8 Å². The average molecular weight is 642 g/mol. The summed E-state index contributed by atoms with van der Waals surface area (Å²) in [5.41, 5.74) is -2.38. The molecule has 1 aromatic rings. The predicted molar refractivity (Wildman–Crippen MR) is 158 cm³/mol. The minimum atomic E-state index is -1.41. The van der Waals surface area contributed by atoms with E-state index in [0.717, 1.165) is 0 Å². The Morgan fingerprint density at radius 2 is 1.76 bits per heavy atom. The Labute approximate surface area is 267 Å². The third kappa shape index (κ3) is 3.56. The van der Waals surface area contributed by atoms with E-state index in [1.165, 1.54) is 28.1 Å². The summed E-state index contributed by atoms with van der Waals surface area (Å²) in [6.07, 6.45) is -2.23. The van der Waals surface area contributed by atoms with Crippen LogP contribution in [0.1, 0.15) is 50.4 Å². The number of piperidine rings is 1. The van der Waals surface area contributed by atoms with E-state index in [-0.39, 0.29) is 48.2 Å². The van der Waals surface area contributed by atoms with Crippen molar-refractivity contribution in [3.8, 4) is 11.5 Å². The molecule has 7 bridgehead atoms. The Bertz CT molecular complexity index is 1480. The molecule has 250 valence electrons. The minimum Gasteiger partial charge on any atom is -0.493 e. The van der Waals surface area contributed by atoms with E-state index < -0.39 is 70.7 Å². The van der Waals surface area contributed by atoms with E-state index in [2.05, 4.69) is 11.8 Å². The number of esters is 3. The molecule has 2 N–H and O–H groups in total. The SMILES string of the molecule is CCN1C[C@@]23CO[C@H]4[C@H]5C1[C@]([C@@H]1C[C@H]6[C@H](OC(=O)c7ccc(OC)c(OC)c7)[C@@H]1[C@]5(O)C[C@@H]6OC(C)=O)([C@H]42)[C@@H](O)C[C@H]3OC(C)=O. The standard InChI is InChI=1S/C34H43NO11/c1-6-35-13-32-14-43-28-26-30(35)34(29(28)32,23(38)11-24(32)45-16(3)37)19-10-18-22(44-15(2)36)12-33(26,40)25(19)27(18)46-31(39)17-7-8-20(41-4)21(9-17)42-5/h7-9,18-19,22-30,38,40H,6,10-14H2,1-5H3/t18-,19-,22+,23+,24-,25-,26+,27+,28+,29-,30?,32+,33-,34+/m1/s1. The monoisotopic (exact) mass is 641 g/mol. The molecule has 12 heteroatoms. The van der Waals surface area contributed by atoms with Gasteiger partial charge in [0.05, 0.1) is 44.2 Å². The summed E-state index contributed by atoms with van der Waals surface area (Å²) >= 11 is 0. The Morgan fingerprint density at radius 1 is 1.02 bits per heavy atom. The molecule has 2 saturated heterocycles. The fraction of sp³-hybridized carbons (Fsp3) is 0.735. The number of carbonyl (C=O) groups excluding carboxylic acids is 3. The lowest BCUT2D eigenvalue weighted by atomic mass is 9.43. The highest BCUT2D eigenvalue weighted by atomic mass is 16.6. The molecule has 7 aliphatic rings. The topological polar surface area (TPSA) is 150 Å². The number of aliphatic hydroxyl groups excluding tert-OH is 1. The maximum atomic E-state index is 13.8. The molecule has 0 amide bonds. The van der Waals surface area contributed by atoms with Crippen LogP contribution in [-0.2, 0) is 28.5 Å². The van der Waals surface area contributed by atoms with Gasteiger partial charge in [-0.05, 0) is 37.1 Å². The summed E-state index contributed by atoms with van der Waals surface area (Å²) in [6.45, 7) is 6.54. The van der Waals surface area contributed by atoms with Gasteiger partial charge in [0, 0.05) is 73.8 Å². The van der Waals surface area contributed by atoms with E-state index in [1.54, 1.807) is 18.2 Å². The van der Waals surface area contributed by atoms with Crippen LogP contribution in [0.2, 0.25) is 0 Å². The van der Waals surface area contributed by atoms with Gasteiger partial charge in [-0.2, -0.15) is 0 Å². The molecule has 1 unspecified atom stereocenters. The largest absolute Gasteiger partial charge is 0.493 e. The number of likely N-dealkylation sites (tertiary alicyclic amines) is 1. The molecule has 2 aliphatic heterocycles. The van der Waals surface area contributed by atoms with Crippen LogP contribution in [0, 0.1) is 40.4 Å². The summed E-state index contributed by atoms with van der Waals surface area (Å²) in [4.78, 5) is 41.0. The van der Waals surface area contributed by atoms with Gasteiger partial charge in [-0.3, -0.25) is 14.5 Å². The van der Waals surface area contributed by atoms with E-state index in [1.807, 2.05) is 0 Å².